The smallest absolute Gasteiger partial charge is 0.258 e. The van der Waals surface area contributed by atoms with Gasteiger partial charge in [-0.25, -0.2) is 0 Å². The van der Waals surface area contributed by atoms with Gasteiger partial charge in [-0.3, -0.25) is 14.3 Å². The number of aryl methyl sites for hydroxylation is 3. The molecule has 7 heteroatoms. The number of carbonyl (C=O) groups is 2. The molecule has 0 radical (unpaired) electrons. The van der Waals surface area contributed by atoms with Crippen LogP contribution in [0.2, 0.25) is 0 Å². The van der Waals surface area contributed by atoms with Crippen LogP contribution >= 0.6 is 0 Å². The molecule has 2 N–H and O–H groups in total. The Bertz CT molecular complexity index is 830. The highest BCUT2D eigenvalue weighted by Gasteiger charge is 2.35. The number of hydrogen-bond acceptors (Lipinski definition) is 4. The summed E-state index contributed by atoms with van der Waals surface area (Å²) in [6, 6.07) is 7.99. The molecule has 1 aliphatic heterocycles. The van der Waals surface area contributed by atoms with E-state index in [9.17, 15) is 14.7 Å². The molecule has 0 aliphatic carbocycles. The summed E-state index contributed by atoms with van der Waals surface area (Å²) in [6.45, 7) is 5.77. The quantitative estimate of drug-likeness (QED) is 0.762. The van der Waals surface area contributed by atoms with Crippen LogP contribution in [0.1, 0.15) is 41.0 Å². The van der Waals surface area contributed by atoms with E-state index in [1.54, 1.807) is 23.1 Å². The fraction of sp³-hybridized carbons (Fsp3) is 0.450. The van der Waals surface area contributed by atoms with E-state index in [0.29, 0.717) is 19.5 Å². The van der Waals surface area contributed by atoms with Gasteiger partial charge in [0.1, 0.15) is 11.8 Å². The van der Waals surface area contributed by atoms with Gasteiger partial charge < -0.3 is 15.3 Å². The van der Waals surface area contributed by atoms with E-state index in [2.05, 4.69) is 10.4 Å². The van der Waals surface area contributed by atoms with Crippen molar-refractivity contribution in [2.75, 3.05) is 13.1 Å². The number of aromatic nitrogens is 2. The van der Waals surface area contributed by atoms with Gasteiger partial charge in [0.05, 0.1) is 11.3 Å². The second-order valence-corrected chi connectivity index (χ2v) is 6.97. The highest BCUT2D eigenvalue weighted by Crippen LogP contribution is 2.24. The zero-order valence-corrected chi connectivity index (χ0v) is 15.8. The average molecular weight is 370 g/mol. The highest BCUT2D eigenvalue weighted by molar-refractivity contribution is 5.99. The molecule has 2 aromatic rings. The number of benzene rings is 1. The fourth-order valence-corrected chi connectivity index (χ4v) is 3.55. The average Bonchev–Trinajstić information content (AvgIpc) is 3.25. The van der Waals surface area contributed by atoms with Crippen molar-refractivity contribution in [1.82, 2.24) is 20.0 Å². The first kappa shape index (κ1) is 18.9. The molecule has 2 amide bonds. The van der Waals surface area contributed by atoms with Crippen LogP contribution in [0, 0.1) is 13.8 Å². The predicted molar refractivity (Wildman–Crippen MR) is 101 cm³/mol. The van der Waals surface area contributed by atoms with Crippen molar-refractivity contribution in [2.45, 2.75) is 45.7 Å². The third kappa shape index (κ3) is 4.30. The molecule has 1 atom stereocenters. The van der Waals surface area contributed by atoms with Crippen LogP contribution < -0.4 is 5.32 Å². The van der Waals surface area contributed by atoms with Gasteiger partial charge in [-0.05, 0) is 51.3 Å². The Labute approximate surface area is 159 Å². The zero-order chi connectivity index (χ0) is 19.4. The van der Waals surface area contributed by atoms with E-state index < -0.39 is 6.04 Å². The van der Waals surface area contributed by atoms with Crippen LogP contribution in [0.5, 0.6) is 5.75 Å². The molecule has 1 unspecified atom stereocenters. The summed E-state index contributed by atoms with van der Waals surface area (Å²) in [5, 5.41) is 17.3. The van der Waals surface area contributed by atoms with Crippen LogP contribution in [0.3, 0.4) is 0 Å². The van der Waals surface area contributed by atoms with Crippen molar-refractivity contribution in [3.8, 4) is 5.75 Å². The van der Waals surface area contributed by atoms with E-state index in [1.165, 1.54) is 6.07 Å². The second-order valence-electron chi connectivity index (χ2n) is 6.97. The van der Waals surface area contributed by atoms with Gasteiger partial charge in [-0.15, -0.1) is 0 Å². The Morgan fingerprint density at radius 3 is 2.78 bits per heavy atom. The Hall–Kier alpha value is -2.83. The van der Waals surface area contributed by atoms with E-state index in [0.717, 1.165) is 30.8 Å². The highest BCUT2D eigenvalue weighted by atomic mass is 16.3. The molecule has 1 aromatic heterocycles. The number of rotatable bonds is 6. The summed E-state index contributed by atoms with van der Waals surface area (Å²) in [4.78, 5) is 26.8. The van der Waals surface area contributed by atoms with E-state index in [-0.39, 0.29) is 23.1 Å². The molecule has 7 nitrogen and oxygen atoms in total. The lowest BCUT2D eigenvalue weighted by atomic mass is 10.1. The van der Waals surface area contributed by atoms with E-state index in [1.807, 2.05) is 24.6 Å². The fourth-order valence-electron chi connectivity index (χ4n) is 3.55. The third-order valence-electron chi connectivity index (χ3n) is 4.90. The molecule has 3 rings (SSSR count). The molecule has 27 heavy (non-hydrogen) atoms. The van der Waals surface area contributed by atoms with Gasteiger partial charge in [0.2, 0.25) is 5.91 Å². The first-order chi connectivity index (χ1) is 13.0. The number of amides is 2. The van der Waals surface area contributed by atoms with Crippen molar-refractivity contribution >= 4 is 11.8 Å². The van der Waals surface area contributed by atoms with E-state index >= 15 is 0 Å². The largest absolute Gasteiger partial charge is 0.507 e. The predicted octanol–water partition coefficient (Wildman–Crippen LogP) is 2.02. The van der Waals surface area contributed by atoms with Crippen molar-refractivity contribution in [2.24, 2.45) is 0 Å². The molecular weight excluding hydrogens is 344 g/mol. The minimum atomic E-state index is -0.481. The molecular formula is C20H26N4O3. The number of aromatic hydroxyl groups is 1. The first-order valence-electron chi connectivity index (χ1n) is 9.35. The molecule has 1 aromatic carbocycles. The molecule has 0 bridgehead atoms. The minimum Gasteiger partial charge on any atom is -0.507 e. The molecule has 1 fully saturated rings. The van der Waals surface area contributed by atoms with Crippen molar-refractivity contribution in [3.63, 3.8) is 0 Å². The Morgan fingerprint density at radius 1 is 1.30 bits per heavy atom. The molecule has 2 heterocycles. The van der Waals surface area contributed by atoms with Crippen molar-refractivity contribution in [1.29, 1.82) is 0 Å². The SMILES string of the molecule is Cc1cc(C)n(CCCNC(=O)C2CCCN2C(=O)c2ccccc2O)n1. The Balaban J connectivity index is 1.53. The van der Waals surface area contributed by atoms with E-state index in [4.69, 9.17) is 0 Å². The third-order valence-corrected chi connectivity index (χ3v) is 4.90. The second kappa shape index (κ2) is 8.24. The molecule has 1 aliphatic rings. The Kier molecular flexibility index (Phi) is 5.78. The molecule has 1 saturated heterocycles. The zero-order valence-electron chi connectivity index (χ0n) is 15.8. The number of nitrogens with zero attached hydrogens (tertiary/aromatic N) is 3. The van der Waals surface area contributed by atoms with Gasteiger partial charge in [0.25, 0.3) is 5.91 Å². The van der Waals surface area contributed by atoms with Gasteiger partial charge >= 0.3 is 0 Å². The van der Waals surface area contributed by atoms with Gasteiger partial charge in [0, 0.05) is 25.3 Å². The summed E-state index contributed by atoms with van der Waals surface area (Å²) in [5.41, 5.74) is 2.33. The maximum atomic E-state index is 12.7. The number of carbonyl (C=O) groups excluding carboxylic acids is 2. The number of para-hydroxylation sites is 1. The van der Waals surface area contributed by atoms with Crippen LogP contribution in [-0.2, 0) is 11.3 Å². The lowest BCUT2D eigenvalue weighted by Crippen LogP contribution is -2.46. The topological polar surface area (TPSA) is 87.5 Å². The lowest BCUT2D eigenvalue weighted by molar-refractivity contribution is -0.124. The summed E-state index contributed by atoms with van der Waals surface area (Å²) in [7, 11) is 0. The minimum absolute atomic E-state index is 0.0570. The van der Waals surface area contributed by atoms with Crippen LogP contribution in [0.4, 0.5) is 0 Å². The number of phenols is 1. The molecule has 144 valence electrons. The maximum absolute atomic E-state index is 12.7. The van der Waals surface area contributed by atoms with Crippen LogP contribution in [0.15, 0.2) is 30.3 Å². The van der Waals surface area contributed by atoms with Crippen molar-refractivity contribution in [3.05, 3.63) is 47.3 Å². The lowest BCUT2D eigenvalue weighted by Gasteiger charge is -2.24. The Morgan fingerprint density at radius 2 is 2.07 bits per heavy atom. The summed E-state index contributed by atoms with van der Waals surface area (Å²) >= 11 is 0. The van der Waals surface area contributed by atoms with Gasteiger partial charge in [-0.2, -0.15) is 5.10 Å². The molecule has 0 saturated carbocycles. The summed E-state index contributed by atoms with van der Waals surface area (Å²) in [6.07, 6.45) is 2.19. The number of phenolic OH excluding ortho intramolecular Hbond substituents is 1. The maximum Gasteiger partial charge on any atom is 0.258 e. The van der Waals surface area contributed by atoms with Gasteiger partial charge in [0.15, 0.2) is 0 Å². The number of likely N-dealkylation sites (tertiary alicyclic amines) is 1. The summed E-state index contributed by atoms with van der Waals surface area (Å²) in [5.74, 6) is -0.489. The van der Waals surface area contributed by atoms with Crippen molar-refractivity contribution < 1.29 is 14.7 Å². The number of hydrogen-bond donors (Lipinski definition) is 2. The summed E-state index contributed by atoms with van der Waals surface area (Å²) < 4.78 is 1.94. The first-order valence-corrected chi connectivity index (χ1v) is 9.35. The normalized spacial score (nSPS) is 16.5. The van der Waals surface area contributed by atoms with Crippen LogP contribution in [0.25, 0.3) is 0 Å². The monoisotopic (exact) mass is 370 g/mol. The van der Waals surface area contributed by atoms with Crippen LogP contribution in [-0.4, -0.2) is 50.7 Å². The molecule has 0 spiro atoms. The number of nitrogens with one attached hydrogen (secondary N) is 1. The standard InChI is InChI=1S/C20H26N4O3/c1-14-13-15(2)24(22-14)12-6-10-21-19(26)17-8-5-11-23(17)20(27)16-7-3-4-9-18(16)25/h3-4,7,9,13,17,25H,5-6,8,10-12H2,1-2H3,(H,21,26). The van der Waals surface area contributed by atoms with Gasteiger partial charge in [-0.1, -0.05) is 12.1 Å².